The highest BCUT2D eigenvalue weighted by Gasteiger charge is 2.05. The van der Waals surface area contributed by atoms with E-state index in [-0.39, 0.29) is 12.5 Å². The summed E-state index contributed by atoms with van der Waals surface area (Å²) in [6.07, 6.45) is 2.54. The molecule has 2 aromatic carbocycles. The Bertz CT molecular complexity index is 593. The van der Waals surface area contributed by atoms with Gasteiger partial charge in [0.25, 0.3) is 5.91 Å². The van der Waals surface area contributed by atoms with Crippen LogP contribution in [0.2, 0.25) is 0 Å². The summed E-state index contributed by atoms with van der Waals surface area (Å²) in [7, 11) is 0. The fourth-order valence-corrected chi connectivity index (χ4v) is 1.96. The molecule has 0 atom stereocenters. The molecule has 0 aliphatic rings. The lowest BCUT2D eigenvalue weighted by atomic mass is 10.1. The van der Waals surface area contributed by atoms with Crippen LogP contribution >= 0.6 is 0 Å². The summed E-state index contributed by atoms with van der Waals surface area (Å²) < 4.78 is 5.58. The number of carbonyl (C=O) groups excluding carboxylic acids is 1. The first-order valence-corrected chi connectivity index (χ1v) is 6.92. The Morgan fingerprint density at radius 1 is 1.10 bits per heavy atom. The predicted octanol–water partition coefficient (Wildman–Crippen LogP) is 3.11. The maximum absolute atomic E-state index is 11.8. The second-order valence-electron chi connectivity index (χ2n) is 4.65. The summed E-state index contributed by atoms with van der Waals surface area (Å²) in [5.74, 6) is 0.597. The van der Waals surface area contributed by atoms with Crippen LogP contribution in [0.5, 0.6) is 5.75 Å². The van der Waals surface area contributed by atoms with Crippen LogP contribution in [0.25, 0.3) is 0 Å². The van der Waals surface area contributed by atoms with Crippen LogP contribution in [0.3, 0.4) is 0 Å². The number of rotatable bonds is 7. The molecule has 2 rings (SSSR count). The molecule has 0 heterocycles. The number of hydrogen-bond acceptors (Lipinski definition) is 2. The van der Waals surface area contributed by atoms with Crippen LogP contribution in [0.1, 0.15) is 11.1 Å². The third-order valence-corrected chi connectivity index (χ3v) is 3.03. The largest absolute Gasteiger partial charge is 0.483 e. The van der Waals surface area contributed by atoms with Crippen LogP contribution in [0.15, 0.2) is 67.3 Å². The molecule has 0 bridgehead atoms. The monoisotopic (exact) mass is 281 g/mol. The molecule has 0 aliphatic carbocycles. The highest BCUT2D eigenvalue weighted by atomic mass is 16.5. The van der Waals surface area contributed by atoms with Gasteiger partial charge in [-0.25, -0.2) is 0 Å². The third kappa shape index (κ3) is 4.80. The minimum Gasteiger partial charge on any atom is -0.483 e. The van der Waals surface area contributed by atoms with Gasteiger partial charge < -0.3 is 10.1 Å². The number of amides is 1. The van der Waals surface area contributed by atoms with Gasteiger partial charge in [-0.15, -0.1) is 6.58 Å². The number of allylic oxidation sites excluding steroid dienone is 1. The van der Waals surface area contributed by atoms with Gasteiger partial charge in [0, 0.05) is 6.54 Å². The zero-order valence-electron chi connectivity index (χ0n) is 11.9. The smallest absolute Gasteiger partial charge is 0.258 e. The van der Waals surface area contributed by atoms with Gasteiger partial charge in [0.05, 0.1) is 0 Å². The Kier molecular flexibility index (Phi) is 5.59. The summed E-state index contributed by atoms with van der Waals surface area (Å²) in [5, 5.41) is 2.84. The molecule has 2 aromatic rings. The van der Waals surface area contributed by atoms with E-state index in [0.717, 1.165) is 23.3 Å². The van der Waals surface area contributed by atoms with Crippen molar-refractivity contribution >= 4 is 5.91 Å². The number of carbonyl (C=O) groups is 1. The van der Waals surface area contributed by atoms with E-state index in [9.17, 15) is 4.79 Å². The fraction of sp³-hybridized carbons (Fsp3) is 0.167. The maximum atomic E-state index is 11.8. The summed E-state index contributed by atoms with van der Waals surface area (Å²) >= 11 is 0. The van der Waals surface area contributed by atoms with Gasteiger partial charge in [-0.2, -0.15) is 0 Å². The predicted molar refractivity (Wildman–Crippen MR) is 84.1 cm³/mol. The van der Waals surface area contributed by atoms with Gasteiger partial charge >= 0.3 is 0 Å². The van der Waals surface area contributed by atoms with Crippen molar-refractivity contribution < 1.29 is 9.53 Å². The lowest BCUT2D eigenvalue weighted by Gasteiger charge is -2.10. The first-order chi connectivity index (χ1) is 10.3. The number of nitrogens with one attached hydrogen (secondary N) is 1. The highest BCUT2D eigenvalue weighted by molar-refractivity contribution is 5.77. The number of para-hydroxylation sites is 1. The van der Waals surface area contributed by atoms with Crippen molar-refractivity contribution in [1.82, 2.24) is 5.32 Å². The molecule has 1 amide bonds. The van der Waals surface area contributed by atoms with Crippen molar-refractivity contribution in [3.8, 4) is 5.75 Å². The van der Waals surface area contributed by atoms with E-state index < -0.39 is 0 Å². The van der Waals surface area contributed by atoms with Crippen molar-refractivity contribution in [2.45, 2.75) is 13.0 Å². The average molecular weight is 281 g/mol. The van der Waals surface area contributed by atoms with Gasteiger partial charge in [0.15, 0.2) is 6.61 Å². The zero-order valence-corrected chi connectivity index (χ0v) is 11.9. The zero-order chi connectivity index (χ0) is 14.9. The molecule has 3 nitrogen and oxygen atoms in total. The van der Waals surface area contributed by atoms with Crippen LogP contribution in [-0.2, 0) is 17.8 Å². The molecule has 0 saturated carbocycles. The number of benzene rings is 2. The van der Waals surface area contributed by atoms with Crippen molar-refractivity contribution in [3.05, 3.63) is 78.4 Å². The lowest BCUT2D eigenvalue weighted by Crippen LogP contribution is -2.28. The van der Waals surface area contributed by atoms with Gasteiger partial charge in [-0.1, -0.05) is 54.6 Å². The first-order valence-electron chi connectivity index (χ1n) is 6.92. The topological polar surface area (TPSA) is 38.3 Å². The maximum Gasteiger partial charge on any atom is 0.258 e. The minimum absolute atomic E-state index is 0.0149. The van der Waals surface area contributed by atoms with Gasteiger partial charge in [-0.05, 0) is 23.6 Å². The Morgan fingerprint density at radius 3 is 2.57 bits per heavy atom. The summed E-state index contributed by atoms with van der Waals surface area (Å²) in [6.45, 7) is 4.25. The Hall–Kier alpha value is -2.55. The van der Waals surface area contributed by atoms with E-state index in [0.29, 0.717) is 6.54 Å². The van der Waals surface area contributed by atoms with Gasteiger partial charge in [0.2, 0.25) is 0 Å². The molecule has 108 valence electrons. The average Bonchev–Trinajstić information content (AvgIpc) is 2.53. The number of ether oxygens (including phenoxy) is 1. The van der Waals surface area contributed by atoms with Crippen LogP contribution in [0, 0.1) is 0 Å². The molecule has 0 saturated heterocycles. The van der Waals surface area contributed by atoms with E-state index in [1.165, 1.54) is 0 Å². The summed E-state index contributed by atoms with van der Waals surface area (Å²) in [5.41, 5.74) is 2.10. The molecule has 3 heteroatoms. The second-order valence-corrected chi connectivity index (χ2v) is 4.65. The molecule has 21 heavy (non-hydrogen) atoms. The van der Waals surface area contributed by atoms with Crippen molar-refractivity contribution in [2.75, 3.05) is 6.61 Å². The van der Waals surface area contributed by atoms with Crippen LogP contribution < -0.4 is 10.1 Å². The van der Waals surface area contributed by atoms with E-state index in [2.05, 4.69) is 11.9 Å². The second kappa shape index (κ2) is 7.90. The van der Waals surface area contributed by atoms with E-state index in [1.807, 2.05) is 60.7 Å². The third-order valence-electron chi connectivity index (χ3n) is 3.03. The van der Waals surface area contributed by atoms with Crippen molar-refractivity contribution in [1.29, 1.82) is 0 Å². The SMILES string of the molecule is C=CCc1ccccc1OCC(=O)NCc1ccccc1. The molecule has 0 unspecified atom stereocenters. The highest BCUT2D eigenvalue weighted by Crippen LogP contribution is 2.18. The number of hydrogen-bond donors (Lipinski definition) is 1. The summed E-state index contributed by atoms with van der Waals surface area (Å²) in [4.78, 5) is 11.8. The molecule has 0 fully saturated rings. The van der Waals surface area contributed by atoms with E-state index in [4.69, 9.17) is 4.74 Å². The van der Waals surface area contributed by atoms with E-state index in [1.54, 1.807) is 0 Å². The standard InChI is InChI=1S/C18H19NO2/c1-2-8-16-11-6-7-12-17(16)21-14-18(20)19-13-15-9-4-3-5-10-15/h2-7,9-12H,1,8,13-14H2,(H,19,20). The Morgan fingerprint density at radius 2 is 1.81 bits per heavy atom. The van der Waals surface area contributed by atoms with Crippen molar-refractivity contribution in [3.63, 3.8) is 0 Å². The van der Waals surface area contributed by atoms with Crippen LogP contribution in [-0.4, -0.2) is 12.5 Å². The summed E-state index contributed by atoms with van der Waals surface area (Å²) in [6, 6.07) is 17.5. The van der Waals surface area contributed by atoms with Crippen LogP contribution in [0.4, 0.5) is 0 Å². The fourth-order valence-electron chi connectivity index (χ4n) is 1.96. The lowest BCUT2D eigenvalue weighted by molar-refractivity contribution is -0.123. The molecule has 0 radical (unpaired) electrons. The normalized spacial score (nSPS) is 9.90. The Labute approximate surface area is 125 Å². The van der Waals surface area contributed by atoms with Gasteiger partial charge in [-0.3, -0.25) is 4.79 Å². The molecule has 0 spiro atoms. The Balaban J connectivity index is 1.82. The molecule has 1 N–H and O–H groups in total. The molecule has 0 aliphatic heterocycles. The van der Waals surface area contributed by atoms with E-state index >= 15 is 0 Å². The molecular formula is C18H19NO2. The van der Waals surface area contributed by atoms with Gasteiger partial charge in [0.1, 0.15) is 5.75 Å². The molecule has 0 aromatic heterocycles. The molecular weight excluding hydrogens is 262 g/mol. The minimum atomic E-state index is -0.132. The first kappa shape index (κ1) is 14.9. The quantitative estimate of drug-likeness (QED) is 0.792. The van der Waals surface area contributed by atoms with Crippen molar-refractivity contribution in [2.24, 2.45) is 0 Å².